The lowest BCUT2D eigenvalue weighted by molar-refractivity contribution is 0.218. The Hall–Kier alpha value is -0.910. The summed E-state index contributed by atoms with van der Waals surface area (Å²) in [5.41, 5.74) is 1.07. The highest BCUT2D eigenvalue weighted by Crippen LogP contribution is 2.15. The van der Waals surface area contributed by atoms with Gasteiger partial charge in [0.05, 0.1) is 4.90 Å². The molecule has 0 aromatic heterocycles. The molecule has 1 aliphatic rings. The van der Waals surface area contributed by atoms with Crippen molar-refractivity contribution in [3.63, 3.8) is 0 Å². The van der Waals surface area contributed by atoms with Crippen LogP contribution >= 0.6 is 0 Å². The molecule has 0 aliphatic carbocycles. The highest BCUT2D eigenvalue weighted by molar-refractivity contribution is 7.89. The molecular weight excluding hydrogens is 272 g/mol. The fourth-order valence-electron chi connectivity index (χ4n) is 2.48. The van der Waals surface area contributed by atoms with E-state index >= 15 is 0 Å². The van der Waals surface area contributed by atoms with Gasteiger partial charge < -0.3 is 4.90 Å². The van der Waals surface area contributed by atoms with E-state index in [1.54, 1.807) is 19.2 Å². The number of hydrogen-bond donors (Lipinski definition) is 0. The number of hydrogen-bond acceptors (Lipinski definition) is 3. The Morgan fingerprint density at radius 3 is 2.30 bits per heavy atom. The van der Waals surface area contributed by atoms with Crippen molar-refractivity contribution >= 4 is 10.0 Å². The minimum Gasteiger partial charge on any atom is -0.302 e. The van der Waals surface area contributed by atoms with E-state index < -0.39 is 10.0 Å². The van der Waals surface area contributed by atoms with Crippen LogP contribution < -0.4 is 0 Å². The molecule has 1 aromatic carbocycles. The van der Waals surface area contributed by atoms with E-state index in [-0.39, 0.29) is 0 Å². The topological polar surface area (TPSA) is 40.6 Å². The predicted octanol–water partition coefficient (Wildman–Crippen LogP) is 2.10. The van der Waals surface area contributed by atoms with Crippen LogP contribution in [-0.4, -0.2) is 50.8 Å². The first-order chi connectivity index (χ1) is 9.50. The molecule has 0 amide bonds. The van der Waals surface area contributed by atoms with Gasteiger partial charge in [-0.2, -0.15) is 4.31 Å². The van der Waals surface area contributed by atoms with Crippen molar-refractivity contribution in [3.05, 3.63) is 29.8 Å². The molecule has 20 heavy (non-hydrogen) atoms. The molecule has 0 N–H and O–H groups in total. The molecule has 1 fully saturated rings. The van der Waals surface area contributed by atoms with Crippen LogP contribution in [0.25, 0.3) is 0 Å². The average molecular weight is 296 g/mol. The summed E-state index contributed by atoms with van der Waals surface area (Å²) in [5.74, 6) is 0. The third-order valence-corrected chi connectivity index (χ3v) is 5.78. The summed E-state index contributed by atoms with van der Waals surface area (Å²) in [6.45, 7) is 5.52. The van der Waals surface area contributed by atoms with Crippen molar-refractivity contribution in [3.8, 4) is 0 Å². The predicted molar refractivity (Wildman–Crippen MR) is 81.3 cm³/mol. The molecule has 112 valence electrons. The van der Waals surface area contributed by atoms with E-state index in [1.165, 1.54) is 23.6 Å². The van der Waals surface area contributed by atoms with E-state index in [1.807, 2.05) is 19.1 Å². The number of nitrogens with zero attached hydrogens (tertiary/aromatic N) is 2. The Morgan fingerprint density at radius 2 is 1.70 bits per heavy atom. The van der Waals surface area contributed by atoms with E-state index in [0.717, 1.165) is 25.2 Å². The first-order valence-electron chi connectivity index (χ1n) is 7.25. The zero-order valence-electron chi connectivity index (χ0n) is 12.4. The van der Waals surface area contributed by atoms with Crippen molar-refractivity contribution in [2.45, 2.75) is 31.1 Å². The zero-order chi connectivity index (χ0) is 14.6. The monoisotopic (exact) mass is 296 g/mol. The fraction of sp³-hybridized carbons (Fsp3) is 0.600. The average Bonchev–Trinajstić information content (AvgIpc) is 2.46. The Labute approximate surface area is 122 Å². The molecule has 1 aromatic rings. The summed E-state index contributed by atoms with van der Waals surface area (Å²) in [5, 5.41) is 0. The van der Waals surface area contributed by atoms with Crippen LogP contribution in [0.5, 0.6) is 0 Å². The molecule has 1 heterocycles. The molecule has 0 atom stereocenters. The highest BCUT2D eigenvalue weighted by Gasteiger charge is 2.21. The summed E-state index contributed by atoms with van der Waals surface area (Å²) >= 11 is 0. The van der Waals surface area contributed by atoms with E-state index in [2.05, 4.69) is 4.90 Å². The van der Waals surface area contributed by atoms with Crippen LogP contribution in [0.1, 0.15) is 24.8 Å². The minimum absolute atomic E-state index is 0.379. The lowest BCUT2D eigenvalue weighted by Crippen LogP contribution is -2.38. The van der Waals surface area contributed by atoms with E-state index in [0.29, 0.717) is 11.4 Å². The molecule has 5 heteroatoms. The second-order valence-electron chi connectivity index (χ2n) is 5.54. The van der Waals surface area contributed by atoms with Gasteiger partial charge in [-0.05, 0) is 45.0 Å². The number of aryl methyl sites for hydroxylation is 1. The summed E-state index contributed by atoms with van der Waals surface area (Å²) in [6.07, 6.45) is 3.76. The van der Waals surface area contributed by atoms with Gasteiger partial charge in [0.1, 0.15) is 0 Å². The maximum atomic E-state index is 12.4. The van der Waals surface area contributed by atoms with Gasteiger partial charge in [0.2, 0.25) is 10.0 Å². The Morgan fingerprint density at radius 1 is 1.10 bits per heavy atom. The lowest BCUT2D eigenvalue weighted by Gasteiger charge is -2.28. The Bertz CT molecular complexity index is 519. The van der Waals surface area contributed by atoms with E-state index in [9.17, 15) is 8.42 Å². The van der Waals surface area contributed by atoms with Gasteiger partial charge >= 0.3 is 0 Å². The van der Waals surface area contributed by atoms with Gasteiger partial charge in [0.25, 0.3) is 0 Å². The van der Waals surface area contributed by atoms with Crippen LogP contribution in [0.3, 0.4) is 0 Å². The lowest BCUT2D eigenvalue weighted by atomic mass is 10.1. The molecule has 0 saturated carbocycles. The normalized spacial score (nSPS) is 17.6. The van der Waals surface area contributed by atoms with Crippen LogP contribution in [0.2, 0.25) is 0 Å². The molecule has 0 spiro atoms. The SMILES string of the molecule is Cc1ccc(S(=O)(=O)N(C)CCN2CCCCC2)cc1. The number of sulfonamides is 1. The Kier molecular flexibility index (Phi) is 5.18. The van der Waals surface area contributed by atoms with Gasteiger partial charge in [-0.1, -0.05) is 24.1 Å². The van der Waals surface area contributed by atoms with Crippen molar-refractivity contribution in [2.24, 2.45) is 0 Å². The number of rotatable bonds is 5. The number of piperidine rings is 1. The van der Waals surface area contributed by atoms with Gasteiger partial charge in [-0.25, -0.2) is 8.42 Å². The highest BCUT2D eigenvalue weighted by atomic mass is 32.2. The van der Waals surface area contributed by atoms with Crippen LogP contribution in [0.4, 0.5) is 0 Å². The number of likely N-dealkylation sites (tertiary alicyclic amines) is 1. The van der Waals surface area contributed by atoms with Gasteiger partial charge in [0, 0.05) is 20.1 Å². The molecule has 0 bridgehead atoms. The number of benzene rings is 1. The summed E-state index contributed by atoms with van der Waals surface area (Å²) in [7, 11) is -1.68. The van der Waals surface area contributed by atoms with Gasteiger partial charge in [0.15, 0.2) is 0 Å². The van der Waals surface area contributed by atoms with Crippen molar-refractivity contribution < 1.29 is 8.42 Å². The third-order valence-electron chi connectivity index (χ3n) is 3.91. The zero-order valence-corrected chi connectivity index (χ0v) is 13.2. The summed E-state index contributed by atoms with van der Waals surface area (Å²) < 4.78 is 26.3. The van der Waals surface area contributed by atoms with Crippen LogP contribution in [0.15, 0.2) is 29.2 Å². The largest absolute Gasteiger partial charge is 0.302 e. The van der Waals surface area contributed by atoms with Gasteiger partial charge in [-0.15, -0.1) is 0 Å². The minimum atomic E-state index is -3.35. The standard InChI is InChI=1S/C15H24N2O2S/c1-14-6-8-15(9-7-14)20(18,19)16(2)12-13-17-10-4-3-5-11-17/h6-9H,3-5,10-13H2,1-2H3. The molecule has 0 radical (unpaired) electrons. The number of likely N-dealkylation sites (N-methyl/N-ethyl adjacent to an activating group) is 1. The maximum Gasteiger partial charge on any atom is 0.242 e. The molecule has 0 unspecified atom stereocenters. The molecule has 1 aliphatic heterocycles. The quantitative estimate of drug-likeness (QED) is 0.835. The first kappa shape index (κ1) is 15.5. The van der Waals surface area contributed by atoms with Crippen molar-refractivity contribution in [1.29, 1.82) is 0 Å². The van der Waals surface area contributed by atoms with Crippen molar-refractivity contribution in [1.82, 2.24) is 9.21 Å². The molecule has 2 rings (SSSR count). The summed E-state index contributed by atoms with van der Waals surface area (Å²) in [6, 6.07) is 7.04. The van der Waals surface area contributed by atoms with Crippen LogP contribution in [-0.2, 0) is 10.0 Å². The fourth-order valence-corrected chi connectivity index (χ4v) is 3.64. The summed E-state index contributed by atoms with van der Waals surface area (Å²) in [4.78, 5) is 2.73. The van der Waals surface area contributed by atoms with Gasteiger partial charge in [-0.3, -0.25) is 0 Å². The molecule has 1 saturated heterocycles. The smallest absolute Gasteiger partial charge is 0.242 e. The second kappa shape index (κ2) is 6.70. The van der Waals surface area contributed by atoms with Crippen LogP contribution in [0, 0.1) is 6.92 Å². The molecule has 4 nitrogen and oxygen atoms in total. The maximum absolute atomic E-state index is 12.4. The first-order valence-corrected chi connectivity index (χ1v) is 8.69. The van der Waals surface area contributed by atoms with Crippen molar-refractivity contribution in [2.75, 3.05) is 33.2 Å². The molecular formula is C15H24N2O2S. The Balaban J connectivity index is 1.96. The second-order valence-corrected chi connectivity index (χ2v) is 7.59. The van der Waals surface area contributed by atoms with E-state index in [4.69, 9.17) is 0 Å². The third kappa shape index (κ3) is 3.81.